The van der Waals surface area contributed by atoms with Crippen molar-refractivity contribution >= 4 is 16.0 Å². The van der Waals surface area contributed by atoms with Crippen LogP contribution in [0.3, 0.4) is 0 Å². The van der Waals surface area contributed by atoms with E-state index in [1.54, 1.807) is 10.8 Å². The topological polar surface area (TPSA) is 83.5 Å². The molecule has 1 aromatic rings. The lowest BCUT2D eigenvalue weighted by atomic mass is 10.2. The van der Waals surface area contributed by atoms with Crippen LogP contribution in [-0.4, -0.2) is 32.0 Å². The van der Waals surface area contributed by atoms with Gasteiger partial charge in [0, 0.05) is 6.42 Å². The lowest BCUT2D eigenvalue weighted by Gasteiger charge is -2.14. The number of halogens is 2. The molecular weight excluding hydrogens is 292 g/mol. The molecule has 2 N–H and O–H groups in total. The average molecular weight is 307 g/mol. The van der Waals surface area contributed by atoms with E-state index >= 15 is 0 Å². The van der Waals surface area contributed by atoms with Crippen molar-refractivity contribution in [2.75, 3.05) is 0 Å². The average Bonchev–Trinajstić information content (AvgIpc) is 2.37. The Balaban J connectivity index is 3.00. The molecular formula is C12H15F2NO4S. The molecule has 0 amide bonds. The molecule has 5 nitrogen and oxygen atoms in total. The Labute approximate surface area is 115 Å². The summed E-state index contributed by atoms with van der Waals surface area (Å²) in [6.45, 7) is 1.83. The standard InChI is InChI=1S/C12H15F2NO4S/c1-2-8-4-3-5-9(6-8)20(18,19)15-10(12(16)17)7-11(13)14/h3-6,10-11,15H,2,7H2,1H3,(H,16,17). The Morgan fingerprint density at radius 2 is 2.05 bits per heavy atom. The summed E-state index contributed by atoms with van der Waals surface area (Å²) >= 11 is 0. The Morgan fingerprint density at radius 3 is 2.55 bits per heavy atom. The third-order valence-electron chi connectivity index (χ3n) is 2.63. The zero-order valence-electron chi connectivity index (χ0n) is 10.7. The highest BCUT2D eigenvalue weighted by atomic mass is 32.2. The first-order valence-electron chi connectivity index (χ1n) is 5.88. The van der Waals surface area contributed by atoms with E-state index in [0.29, 0.717) is 6.42 Å². The first kappa shape index (κ1) is 16.5. The van der Waals surface area contributed by atoms with Crippen LogP contribution in [0.25, 0.3) is 0 Å². The largest absolute Gasteiger partial charge is 0.480 e. The van der Waals surface area contributed by atoms with Crippen molar-refractivity contribution in [3.63, 3.8) is 0 Å². The predicted octanol–water partition coefficient (Wildman–Crippen LogP) is 1.64. The number of aliphatic carboxylic acids is 1. The summed E-state index contributed by atoms with van der Waals surface area (Å²) in [5.41, 5.74) is 0.744. The summed E-state index contributed by atoms with van der Waals surface area (Å²) in [5, 5.41) is 8.77. The molecule has 0 spiro atoms. The number of sulfonamides is 1. The first-order chi connectivity index (χ1) is 9.26. The Bertz CT molecular complexity index is 575. The van der Waals surface area contributed by atoms with Crippen LogP contribution in [0.1, 0.15) is 18.9 Å². The lowest BCUT2D eigenvalue weighted by Crippen LogP contribution is -2.41. The maximum atomic E-state index is 12.2. The van der Waals surface area contributed by atoms with Gasteiger partial charge in [0.2, 0.25) is 16.4 Å². The van der Waals surface area contributed by atoms with Gasteiger partial charge in [-0.05, 0) is 24.1 Å². The second-order valence-electron chi connectivity index (χ2n) is 4.14. The van der Waals surface area contributed by atoms with Gasteiger partial charge in [-0.15, -0.1) is 0 Å². The summed E-state index contributed by atoms with van der Waals surface area (Å²) < 4.78 is 50.2. The molecule has 0 radical (unpaired) electrons. The maximum Gasteiger partial charge on any atom is 0.321 e. The minimum absolute atomic E-state index is 0.141. The van der Waals surface area contributed by atoms with Crippen LogP contribution >= 0.6 is 0 Å². The highest BCUT2D eigenvalue weighted by Crippen LogP contribution is 2.14. The number of carbonyl (C=O) groups is 1. The van der Waals surface area contributed by atoms with Crippen LogP contribution < -0.4 is 4.72 Å². The number of carboxylic acid groups (broad SMARTS) is 1. The quantitative estimate of drug-likeness (QED) is 0.802. The fourth-order valence-corrected chi connectivity index (χ4v) is 2.84. The number of aryl methyl sites for hydroxylation is 1. The molecule has 1 rings (SSSR count). The van der Waals surface area contributed by atoms with Crippen LogP contribution in [0.2, 0.25) is 0 Å². The molecule has 1 unspecified atom stereocenters. The second-order valence-corrected chi connectivity index (χ2v) is 5.85. The molecule has 0 aliphatic rings. The van der Waals surface area contributed by atoms with Gasteiger partial charge < -0.3 is 5.11 Å². The number of nitrogens with one attached hydrogen (secondary N) is 1. The molecule has 8 heteroatoms. The summed E-state index contributed by atoms with van der Waals surface area (Å²) in [4.78, 5) is 10.7. The molecule has 0 aliphatic carbocycles. The smallest absolute Gasteiger partial charge is 0.321 e. The number of hydrogen-bond donors (Lipinski definition) is 2. The Morgan fingerprint density at radius 1 is 1.40 bits per heavy atom. The number of rotatable bonds is 7. The van der Waals surface area contributed by atoms with Gasteiger partial charge in [0.1, 0.15) is 6.04 Å². The number of carboxylic acids is 1. The highest BCUT2D eigenvalue weighted by Gasteiger charge is 2.28. The fraction of sp³-hybridized carbons (Fsp3) is 0.417. The lowest BCUT2D eigenvalue weighted by molar-refractivity contribution is -0.140. The van der Waals surface area contributed by atoms with Gasteiger partial charge in [-0.2, -0.15) is 4.72 Å². The summed E-state index contributed by atoms with van der Waals surface area (Å²) in [6, 6.07) is 4.03. The highest BCUT2D eigenvalue weighted by molar-refractivity contribution is 7.89. The van der Waals surface area contributed by atoms with Gasteiger partial charge in [-0.25, -0.2) is 17.2 Å². The molecule has 0 aliphatic heterocycles. The van der Waals surface area contributed by atoms with E-state index < -0.39 is 34.9 Å². The summed E-state index contributed by atoms with van der Waals surface area (Å²) in [5.74, 6) is -1.64. The monoisotopic (exact) mass is 307 g/mol. The molecule has 0 saturated carbocycles. The van der Waals surface area contributed by atoms with Crippen molar-refractivity contribution in [1.29, 1.82) is 0 Å². The molecule has 0 saturated heterocycles. The summed E-state index contributed by atoms with van der Waals surface area (Å²) in [7, 11) is -4.15. The molecule has 20 heavy (non-hydrogen) atoms. The van der Waals surface area contributed by atoms with Crippen molar-refractivity contribution in [3.05, 3.63) is 29.8 Å². The minimum Gasteiger partial charge on any atom is -0.480 e. The third-order valence-corrected chi connectivity index (χ3v) is 4.10. The van der Waals surface area contributed by atoms with E-state index in [2.05, 4.69) is 0 Å². The van der Waals surface area contributed by atoms with Crippen LogP contribution in [-0.2, 0) is 21.2 Å². The molecule has 1 atom stereocenters. The normalized spacial score (nSPS) is 13.4. The van der Waals surface area contributed by atoms with E-state index in [9.17, 15) is 22.0 Å². The zero-order chi connectivity index (χ0) is 15.3. The number of benzene rings is 1. The molecule has 1 aromatic carbocycles. The molecule has 0 aromatic heterocycles. The van der Waals surface area contributed by atoms with Gasteiger partial charge in [0.15, 0.2) is 0 Å². The Hall–Kier alpha value is -1.54. The molecule has 0 heterocycles. The van der Waals surface area contributed by atoms with Gasteiger partial charge in [-0.1, -0.05) is 19.1 Å². The van der Waals surface area contributed by atoms with E-state index in [1.807, 2.05) is 6.92 Å². The van der Waals surface area contributed by atoms with Crippen LogP contribution in [0.4, 0.5) is 8.78 Å². The van der Waals surface area contributed by atoms with Crippen LogP contribution in [0, 0.1) is 0 Å². The first-order valence-corrected chi connectivity index (χ1v) is 7.36. The van der Waals surface area contributed by atoms with E-state index in [4.69, 9.17) is 5.11 Å². The van der Waals surface area contributed by atoms with E-state index in [1.165, 1.54) is 18.2 Å². The van der Waals surface area contributed by atoms with Crippen molar-refractivity contribution in [3.8, 4) is 0 Å². The fourth-order valence-electron chi connectivity index (χ4n) is 1.57. The van der Waals surface area contributed by atoms with Crippen molar-refractivity contribution in [2.45, 2.75) is 37.1 Å². The van der Waals surface area contributed by atoms with Crippen molar-refractivity contribution in [1.82, 2.24) is 4.72 Å². The van der Waals surface area contributed by atoms with Gasteiger partial charge in [0.25, 0.3) is 0 Å². The maximum absolute atomic E-state index is 12.2. The van der Waals surface area contributed by atoms with E-state index in [-0.39, 0.29) is 4.90 Å². The van der Waals surface area contributed by atoms with Crippen LogP contribution in [0.5, 0.6) is 0 Å². The minimum atomic E-state index is -4.15. The van der Waals surface area contributed by atoms with Crippen molar-refractivity contribution < 1.29 is 27.1 Å². The van der Waals surface area contributed by atoms with Crippen molar-refractivity contribution in [2.24, 2.45) is 0 Å². The molecule has 112 valence electrons. The van der Waals surface area contributed by atoms with E-state index in [0.717, 1.165) is 5.56 Å². The number of alkyl halides is 2. The second kappa shape index (κ2) is 6.76. The molecule has 0 fully saturated rings. The SMILES string of the molecule is CCc1cccc(S(=O)(=O)NC(CC(F)F)C(=O)O)c1. The zero-order valence-corrected chi connectivity index (χ0v) is 11.5. The Kier molecular flexibility index (Phi) is 5.58. The van der Waals surface area contributed by atoms with Gasteiger partial charge >= 0.3 is 5.97 Å². The third kappa shape index (κ3) is 4.53. The predicted molar refractivity (Wildman–Crippen MR) is 68.2 cm³/mol. The van der Waals surface area contributed by atoms with Gasteiger partial charge in [-0.3, -0.25) is 4.79 Å². The van der Waals surface area contributed by atoms with Crippen LogP contribution in [0.15, 0.2) is 29.2 Å². The summed E-state index contributed by atoms with van der Waals surface area (Å²) in [6.07, 6.45) is -3.40. The molecule has 0 bridgehead atoms. The number of hydrogen-bond acceptors (Lipinski definition) is 3. The van der Waals surface area contributed by atoms with Gasteiger partial charge in [0.05, 0.1) is 4.90 Å².